The molecule has 0 aromatic heterocycles. The Labute approximate surface area is 232 Å². The minimum atomic E-state index is -3.01. The molecular formula is C16H28MgN2O8S6. The first kappa shape index (κ1) is 33.7. The van der Waals surface area contributed by atoms with Crippen LogP contribution in [0.2, 0.25) is 0 Å². The van der Waals surface area contributed by atoms with Gasteiger partial charge in [-0.25, -0.2) is 16.8 Å². The van der Waals surface area contributed by atoms with E-state index in [4.69, 9.17) is 59.9 Å². The molecule has 0 aromatic rings. The second-order valence-electron chi connectivity index (χ2n) is 7.62. The molecule has 4 N–H and O–H groups in total. The summed E-state index contributed by atoms with van der Waals surface area (Å²) >= 11 is 19.4. The molecule has 0 radical (unpaired) electrons. The van der Waals surface area contributed by atoms with Crippen LogP contribution in [-0.4, -0.2) is 152 Å². The predicted molar refractivity (Wildman–Crippen MR) is 139 cm³/mol. The first-order valence-electron chi connectivity index (χ1n) is 9.65. The van der Waals surface area contributed by atoms with E-state index in [-0.39, 0.29) is 79.9 Å². The van der Waals surface area contributed by atoms with Crippen molar-refractivity contribution in [2.45, 2.75) is 37.1 Å². The van der Waals surface area contributed by atoms with E-state index >= 15 is 0 Å². The molecule has 188 valence electrons. The van der Waals surface area contributed by atoms with Crippen LogP contribution in [0, 0.1) is 0 Å². The molecule has 2 heterocycles. The van der Waals surface area contributed by atoms with Crippen molar-refractivity contribution in [3.05, 3.63) is 0 Å². The number of nitrogens with zero attached hydrogens (tertiary/aromatic N) is 2. The van der Waals surface area contributed by atoms with Crippen molar-refractivity contribution in [2.75, 3.05) is 49.3 Å². The summed E-state index contributed by atoms with van der Waals surface area (Å²) in [5, 5.41) is 36.1. The van der Waals surface area contributed by atoms with Crippen molar-refractivity contribution < 1.29 is 37.3 Å². The molecule has 2 fully saturated rings. The first-order chi connectivity index (χ1) is 14.7. The third-order valence-electron chi connectivity index (χ3n) is 5.00. The van der Waals surface area contributed by atoms with Gasteiger partial charge in [0.1, 0.15) is 0 Å². The average molecular weight is 593 g/mol. The Balaban J connectivity index is 0.000000602. The van der Waals surface area contributed by atoms with Gasteiger partial charge in [0.25, 0.3) is 0 Å². The van der Waals surface area contributed by atoms with E-state index < -0.39 is 45.1 Å². The molecule has 0 spiro atoms. The standard InChI is InChI=1S/2C8H15NO4S3.Mg/c2*10-4-7(11)3-9(8(14)15)6-1-2-16(12,13)5-6;/h2*6-7,10-11H,1-5H2,(H,14,15);/q;;+2/p-2. The molecule has 10 nitrogen and oxygen atoms in total. The summed E-state index contributed by atoms with van der Waals surface area (Å²) in [7, 11) is -6.02. The number of sulfone groups is 2. The average Bonchev–Trinajstić information content (AvgIpc) is 3.24. The van der Waals surface area contributed by atoms with Crippen LogP contribution in [-0.2, 0) is 44.9 Å². The number of hydrogen-bond donors (Lipinski definition) is 4. The third-order valence-corrected chi connectivity index (χ3v) is 9.44. The maximum absolute atomic E-state index is 11.3. The summed E-state index contributed by atoms with van der Waals surface area (Å²) < 4.78 is 45.5. The third kappa shape index (κ3) is 12.0. The van der Waals surface area contributed by atoms with Crippen molar-refractivity contribution in [1.29, 1.82) is 0 Å². The fourth-order valence-electron chi connectivity index (χ4n) is 3.36. The monoisotopic (exact) mass is 592 g/mol. The maximum atomic E-state index is 11.3. The Morgan fingerprint density at radius 3 is 1.30 bits per heavy atom. The fourth-order valence-corrected chi connectivity index (χ4v) is 7.71. The van der Waals surface area contributed by atoms with Crippen molar-refractivity contribution >= 4 is 101 Å². The van der Waals surface area contributed by atoms with Gasteiger partial charge < -0.3 is 79.9 Å². The molecule has 2 rings (SSSR count). The second kappa shape index (κ2) is 15.1. The van der Waals surface area contributed by atoms with Gasteiger partial charge in [0.05, 0.1) is 48.4 Å². The number of aliphatic hydroxyl groups is 4. The zero-order chi connectivity index (χ0) is 24.7. The molecule has 4 unspecified atom stereocenters. The quantitative estimate of drug-likeness (QED) is 0.128. The predicted octanol–water partition coefficient (Wildman–Crippen LogP) is -3.06. The molecule has 0 saturated carbocycles. The zero-order valence-corrected chi connectivity index (χ0v) is 24.2. The zero-order valence-electron chi connectivity index (χ0n) is 17.9. The smallest absolute Gasteiger partial charge is 0.411 e. The Morgan fingerprint density at radius 2 is 1.12 bits per heavy atom. The van der Waals surface area contributed by atoms with E-state index in [1.807, 2.05) is 0 Å². The maximum Gasteiger partial charge on any atom is 2.00 e. The van der Waals surface area contributed by atoms with Crippen LogP contribution in [0.15, 0.2) is 0 Å². The Morgan fingerprint density at radius 1 is 0.818 bits per heavy atom. The molecule has 0 bridgehead atoms. The van der Waals surface area contributed by atoms with Crippen LogP contribution in [0.5, 0.6) is 0 Å². The number of aliphatic hydroxyl groups excluding tert-OH is 4. The molecule has 2 aliphatic rings. The van der Waals surface area contributed by atoms with Gasteiger partial charge in [-0.1, -0.05) is 8.64 Å². The molecule has 33 heavy (non-hydrogen) atoms. The van der Waals surface area contributed by atoms with Gasteiger partial charge in [-0.05, 0) is 12.8 Å². The van der Waals surface area contributed by atoms with Crippen LogP contribution in [0.25, 0.3) is 0 Å². The molecule has 0 amide bonds. The summed E-state index contributed by atoms with van der Waals surface area (Å²) in [5.41, 5.74) is 0. The molecule has 4 atom stereocenters. The Hall–Kier alpha value is 0.726. The fraction of sp³-hybridized carbons (Fsp3) is 0.875. The molecular weight excluding hydrogens is 565 g/mol. The molecule has 2 saturated heterocycles. The van der Waals surface area contributed by atoms with E-state index in [1.165, 1.54) is 9.80 Å². The van der Waals surface area contributed by atoms with Crippen LogP contribution in [0.1, 0.15) is 12.8 Å². The van der Waals surface area contributed by atoms with Crippen molar-refractivity contribution in [3.8, 4) is 0 Å². The van der Waals surface area contributed by atoms with Crippen LogP contribution < -0.4 is 0 Å². The van der Waals surface area contributed by atoms with Crippen molar-refractivity contribution in [1.82, 2.24) is 9.80 Å². The van der Waals surface area contributed by atoms with E-state index in [0.717, 1.165) is 0 Å². The Kier molecular flexibility index (Phi) is 15.4. The number of thiocarbonyl (C=S) groups is 2. The molecule has 0 aromatic carbocycles. The summed E-state index contributed by atoms with van der Waals surface area (Å²) in [6.07, 6.45) is -0.970. The molecule has 2 aliphatic heterocycles. The van der Waals surface area contributed by atoms with Crippen LogP contribution in [0.3, 0.4) is 0 Å². The van der Waals surface area contributed by atoms with Gasteiger partial charge in [0.15, 0.2) is 19.7 Å². The number of rotatable bonds is 8. The molecule has 0 aliphatic carbocycles. The summed E-state index contributed by atoms with van der Waals surface area (Å²) in [6.45, 7) is -0.625. The minimum Gasteiger partial charge on any atom is -0.411 e. The van der Waals surface area contributed by atoms with E-state index in [0.29, 0.717) is 12.8 Å². The normalized spacial score (nSPS) is 24.5. The van der Waals surface area contributed by atoms with Gasteiger partial charge in [0.2, 0.25) is 0 Å². The summed E-state index contributed by atoms with van der Waals surface area (Å²) in [6, 6.07) is -0.535. The van der Waals surface area contributed by atoms with Gasteiger partial charge in [-0.3, -0.25) is 0 Å². The van der Waals surface area contributed by atoms with Crippen LogP contribution >= 0.6 is 24.4 Å². The van der Waals surface area contributed by atoms with Gasteiger partial charge >= 0.3 is 23.1 Å². The minimum absolute atomic E-state index is 0. The van der Waals surface area contributed by atoms with Crippen molar-refractivity contribution in [2.24, 2.45) is 0 Å². The first-order valence-corrected chi connectivity index (χ1v) is 14.9. The number of hydrogen-bond acceptors (Lipinski definition) is 12. The SMILES string of the molecule is O=S1(=O)CCC(N(CC(O)CO)C(=S)[S-])C1.O=S1(=O)CCC(N(CC(O)CO)C(=S)[S-])C1.[Mg+2]. The Bertz CT molecular complexity index is 789. The van der Waals surface area contributed by atoms with Gasteiger partial charge in [-0.15, -0.1) is 0 Å². The molecule has 17 heteroatoms. The van der Waals surface area contributed by atoms with Crippen LogP contribution in [0.4, 0.5) is 0 Å². The van der Waals surface area contributed by atoms with Crippen molar-refractivity contribution in [3.63, 3.8) is 0 Å². The summed E-state index contributed by atoms with van der Waals surface area (Å²) in [5.74, 6) is 0.284. The summed E-state index contributed by atoms with van der Waals surface area (Å²) in [4.78, 5) is 3.02. The van der Waals surface area contributed by atoms with E-state index in [9.17, 15) is 27.0 Å². The van der Waals surface area contributed by atoms with Gasteiger partial charge in [0, 0.05) is 25.2 Å². The topological polar surface area (TPSA) is 156 Å². The van der Waals surface area contributed by atoms with E-state index in [1.54, 1.807) is 0 Å². The second-order valence-corrected chi connectivity index (χ2v) is 14.1. The van der Waals surface area contributed by atoms with Gasteiger partial charge in [-0.2, -0.15) is 0 Å². The van der Waals surface area contributed by atoms with E-state index in [2.05, 4.69) is 0 Å². The largest absolute Gasteiger partial charge is 2.00 e.